The van der Waals surface area contributed by atoms with Gasteiger partial charge in [0.2, 0.25) is 0 Å². The van der Waals surface area contributed by atoms with E-state index in [1.54, 1.807) is 14.2 Å². The Morgan fingerprint density at radius 1 is 0.933 bits per heavy atom. The van der Waals surface area contributed by atoms with Crippen molar-refractivity contribution >= 4 is 0 Å². The van der Waals surface area contributed by atoms with Crippen LogP contribution >= 0.6 is 0 Å². The van der Waals surface area contributed by atoms with Gasteiger partial charge >= 0.3 is 5.97 Å². The van der Waals surface area contributed by atoms with Gasteiger partial charge in [-0.15, -0.1) is 0 Å². The zero-order chi connectivity index (χ0) is 11.7. The van der Waals surface area contributed by atoms with Crippen molar-refractivity contribution < 1.29 is 23.7 Å². The Kier molecular flexibility index (Phi) is 3.73. The second-order valence-electron chi connectivity index (χ2n) is 3.82. The molecule has 0 aromatic carbocycles. The monoisotopic (exact) mass is 220 g/mol. The lowest BCUT2D eigenvalue weighted by molar-refractivity contribution is -0.587. The van der Waals surface area contributed by atoms with Crippen molar-refractivity contribution in [3.05, 3.63) is 0 Å². The summed E-state index contributed by atoms with van der Waals surface area (Å²) in [4.78, 5) is 0. The van der Waals surface area contributed by atoms with Crippen molar-refractivity contribution in [2.75, 3.05) is 28.4 Å². The van der Waals surface area contributed by atoms with E-state index in [1.807, 2.05) is 13.8 Å². The summed E-state index contributed by atoms with van der Waals surface area (Å²) in [7, 11) is 6.09. The van der Waals surface area contributed by atoms with Gasteiger partial charge in [-0.1, -0.05) is 13.8 Å². The van der Waals surface area contributed by atoms with E-state index in [-0.39, 0.29) is 12.0 Å². The summed E-state index contributed by atoms with van der Waals surface area (Å²) in [6.45, 7) is 4.04. The third kappa shape index (κ3) is 1.50. The predicted octanol–water partition coefficient (Wildman–Crippen LogP) is 0.977. The molecule has 1 unspecified atom stereocenters. The highest BCUT2D eigenvalue weighted by molar-refractivity contribution is 5.00. The van der Waals surface area contributed by atoms with Crippen LogP contribution in [-0.4, -0.2) is 46.3 Å². The summed E-state index contributed by atoms with van der Waals surface area (Å²) in [6.07, 6.45) is -0.215. The Morgan fingerprint density at radius 3 is 1.67 bits per heavy atom. The molecule has 1 aliphatic rings. The lowest BCUT2D eigenvalue weighted by atomic mass is 9.90. The molecule has 0 bridgehead atoms. The average Bonchev–Trinajstić information content (AvgIpc) is 2.20. The maximum atomic E-state index is 5.59. The van der Waals surface area contributed by atoms with E-state index in [1.165, 1.54) is 14.2 Å². The Hall–Kier alpha value is -0.200. The number of hydrogen-bond donors (Lipinski definition) is 0. The highest BCUT2D eigenvalue weighted by atomic mass is 16.9. The quantitative estimate of drug-likeness (QED) is 0.646. The molecule has 0 saturated carbocycles. The number of hydrogen-bond acceptors (Lipinski definition) is 5. The SMILES string of the molecule is COC1(OC)OC(C(C)C)C1(OC)OC. The maximum absolute atomic E-state index is 5.59. The van der Waals surface area contributed by atoms with Crippen molar-refractivity contribution in [2.24, 2.45) is 5.92 Å². The van der Waals surface area contributed by atoms with Crippen LogP contribution in [-0.2, 0) is 23.7 Å². The first-order valence-electron chi connectivity index (χ1n) is 4.92. The van der Waals surface area contributed by atoms with E-state index >= 15 is 0 Å². The van der Waals surface area contributed by atoms with Gasteiger partial charge in [0.25, 0.3) is 5.79 Å². The lowest BCUT2D eigenvalue weighted by Crippen LogP contribution is -2.79. The number of rotatable bonds is 5. The molecule has 0 aliphatic carbocycles. The van der Waals surface area contributed by atoms with Crippen LogP contribution in [0, 0.1) is 5.92 Å². The fourth-order valence-corrected chi connectivity index (χ4v) is 2.05. The third-order valence-electron chi connectivity index (χ3n) is 2.83. The zero-order valence-electron chi connectivity index (χ0n) is 10.2. The minimum atomic E-state index is -1.27. The summed E-state index contributed by atoms with van der Waals surface area (Å²) >= 11 is 0. The molecule has 1 aliphatic heterocycles. The molecule has 90 valence electrons. The van der Waals surface area contributed by atoms with Gasteiger partial charge in [-0.2, -0.15) is 0 Å². The largest absolute Gasteiger partial charge is 0.345 e. The Morgan fingerprint density at radius 2 is 1.40 bits per heavy atom. The Balaban J connectivity index is 2.97. The van der Waals surface area contributed by atoms with E-state index < -0.39 is 11.8 Å². The van der Waals surface area contributed by atoms with Crippen molar-refractivity contribution in [2.45, 2.75) is 31.7 Å². The van der Waals surface area contributed by atoms with Gasteiger partial charge in [0, 0.05) is 28.4 Å². The van der Waals surface area contributed by atoms with Gasteiger partial charge in [0.1, 0.15) is 6.10 Å². The zero-order valence-corrected chi connectivity index (χ0v) is 10.2. The van der Waals surface area contributed by atoms with E-state index in [9.17, 15) is 0 Å². The number of ether oxygens (including phenoxy) is 5. The van der Waals surface area contributed by atoms with Crippen LogP contribution in [0.5, 0.6) is 0 Å². The molecule has 1 rings (SSSR count). The topological polar surface area (TPSA) is 46.2 Å². The van der Waals surface area contributed by atoms with E-state index in [4.69, 9.17) is 23.7 Å². The Bertz CT molecular complexity index is 208. The summed E-state index contributed by atoms with van der Waals surface area (Å²) in [6, 6.07) is 0. The van der Waals surface area contributed by atoms with Gasteiger partial charge in [-0.25, -0.2) is 0 Å². The van der Waals surface area contributed by atoms with Gasteiger partial charge in [-0.3, -0.25) is 0 Å². The molecule has 1 heterocycles. The smallest absolute Gasteiger partial charge is 0.343 e. The standard InChI is InChI=1S/C10H20O5/c1-7(2)8-9(11-3,12-4)10(13-5,14-6)15-8/h7-8H,1-6H3. The Labute approximate surface area is 90.6 Å². The summed E-state index contributed by atoms with van der Waals surface area (Å²) in [5.41, 5.74) is 0. The molecule has 5 heteroatoms. The van der Waals surface area contributed by atoms with Crippen molar-refractivity contribution in [1.82, 2.24) is 0 Å². The molecule has 15 heavy (non-hydrogen) atoms. The molecule has 5 nitrogen and oxygen atoms in total. The van der Waals surface area contributed by atoms with Crippen molar-refractivity contribution in [3.63, 3.8) is 0 Å². The minimum Gasteiger partial charge on any atom is -0.345 e. The molecule has 0 N–H and O–H groups in total. The summed E-state index contributed by atoms with van der Waals surface area (Å²) < 4.78 is 26.8. The molecule has 1 atom stereocenters. The molecule has 0 radical (unpaired) electrons. The summed E-state index contributed by atoms with van der Waals surface area (Å²) in [5.74, 6) is -2.04. The van der Waals surface area contributed by atoms with Crippen LogP contribution in [0.15, 0.2) is 0 Å². The van der Waals surface area contributed by atoms with E-state index in [2.05, 4.69) is 0 Å². The first-order chi connectivity index (χ1) is 7.03. The molecule has 0 spiro atoms. The van der Waals surface area contributed by atoms with Crippen LogP contribution in [0.25, 0.3) is 0 Å². The normalized spacial score (nSPS) is 27.8. The summed E-state index contributed by atoms with van der Waals surface area (Å²) in [5, 5.41) is 0. The lowest BCUT2D eigenvalue weighted by Gasteiger charge is -2.58. The first-order valence-corrected chi connectivity index (χ1v) is 4.92. The molecular weight excluding hydrogens is 200 g/mol. The van der Waals surface area contributed by atoms with E-state index in [0.29, 0.717) is 0 Å². The highest BCUT2D eigenvalue weighted by Gasteiger charge is 2.73. The molecule has 1 saturated heterocycles. The number of methoxy groups -OCH3 is 4. The average molecular weight is 220 g/mol. The van der Waals surface area contributed by atoms with Gasteiger partial charge < -0.3 is 23.7 Å². The molecule has 0 amide bonds. The van der Waals surface area contributed by atoms with Crippen LogP contribution in [0.4, 0.5) is 0 Å². The second-order valence-corrected chi connectivity index (χ2v) is 3.82. The van der Waals surface area contributed by atoms with Crippen LogP contribution in [0.1, 0.15) is 13.8 Å². The van der Waals surface area contributed by atoms with Crippen molar-refractivity contribution in [1.29, 1.82) is 0 Å². The second kappa shape index (κ2) is 4.35. The van der Waals surface area contributed by atoms with Crippen LogP contribution in [0.2, 0.25) is 0 Å². The first kappa shape index (κ1) is 12.9. The maximum Gasteiger partial charge on any atom is 0.343 e. The fourth-order valence-electron chi connectivity index (χ4n) is 2.05. The molecular formula is C10H20O5. The van der Waals surface area contributed by atoms with Gasteiger partial charge in [-0.05, 0) is 5.92 Å². The van der Waals surface area contributed by atoms with Crippen molar-refractivity contribution in [3.8, 4) is 0 Å². The van der Waals surface area contributed by atoms with E-state index in [0.717, 1.165) is 0 Å². The third-order valence-corrected chi connectivity index (χ3v) is 2.83. The molecule has 1 fully saturated rings. The molecule has 0 aromatic heterocycles. The van der Waals surface area contributed by atoms with Crippen LogP contribution < -0.4 is 0 Å². The molecule has 0 aromatic rings. The van der Waals surface area contributed by atoms with Gasteiger partial charge in [0.15, 0.2) is 0 Å². The van der Waals surface area contributed by atoms with Crippen LogP contribution in [0.3, 0.4) is 0 Å². The predicted molar refractivity (Wildman–Crippen MR) is 53.2 cm³/mol. The minimum absolute atomic E-state index is 0.215. The van der Waals surface area contributed by atoms with Gasteiger partial charge in [0.05, 0.1) is 0 Å². The highest BCUT2D eigenvalue weighted by Crippen LogP contribution is 2.49. The fraction of sp³-hybridized carbons (Fsp3) is 1.00.